The van der Waals surface area contributed by atoms with Crippen molar-refractivity contribution >= 4 is 34.0 Å². The van der Waals surface area contributed by atoms with Crippen LogP contribution in [0.15, 0.2) is 61.4 Å². The molecule has 0 unspecified atom stereocenters. The Kier molecular flexibility index (Phi) is 6.57. The van der Waals surface area contributed by atoms with Gasteiger partial charge in [0.15, 0.2) is 17.7 Å². The van der Waals surface area contributed by atoms with Gasteiger partial charge >= 0.3 is 6.55 Å². The van der Waals surface area contributed by atoms with Crippen LogP contribution in [-0.2, 0) is 0 Å². The summed E-state index contributed by atoms with van der Waals surface area (Å²) in [6.07, 6.45) is 6.19. The topological polar surface area (TPSA) is 90.6 Å². The van der Waals surface area contributed by atoms with E-state index in [4.69, 9.17) is 16.3 Å². The lowest BCUT2D eigenvalue weighted by atomic mass is 10.1. The zero-order valence-corrected chi connectivity index (χ0v) is 19.7. The fraction of sp³-hybridized carbons (Fsp3) is 0.125. The fourth-order valence-corrected chi connectivity index (χ4v) is 3.78. The number of hydrogen-bond acceptors (Lipinski definition) is 7. The van der Waals surface area contributed by atoms with Crippen molar-refractivity contribution in [2.75, 3.05) is 5.32 Å². The minimum absolute atomic E-state index is 0.126. The van der Waals surface area contributed by atoms with Gasteiger partial charge in [-0.25, -0.2) is 33.4 Å². The molecule has 37 heavy (non-hydrogen) atoms. The number of anilines is 2. The predicted molar refractivity (Wildman–Crippen MR) is 128 cm³/mol. The van der Waals surface area contributed by atoms with Gasteiger partial charge in [0.2, 0.25) is 0 Å². The maximum Gasteiger partial charge on any atom is 0.333 e. The molecule has 3 heterocycles. The average molecular weight is 530 g/mol. The van der Waals surface area contributed by atoms with Gasteiger partial charge in [-0.05, 0) is 42.8 Å². The minimum Gasteiger partial charge on any atom is -0.482 e. The number of benzene rings is 2. The highest BCUT2D eigenvalue weighted by atomic mass is 35.5. The SMILES string of the molecule is C[C@H](Oc1cc(-c2cnn(C(F)F)c2)cc2ncnc(Nc3ccc(F)c(Cl)c3F)c12)c1ncccn1. The number of fused-ring (bicyclic) bond motifs is 1. The molecule has 0 radical (unpaired) electrons. The Balaban J connectivity index is 1.65. The van der Waals surface area contributed by atoms with Crippen LogP contribution in [0.1, 0.15) is 25.4 Å². The van der Waals surface area contributed by atoms with Crippen LogP contribution in [0.3, 0.4) is 0 Å². The molecular formula is C24H16ClF4N7O. The number of ether oxygens (including phenoxy) is 1. The predicted octanol–water partition coefficient (Wildman–Crippen LogP) is 6.49. The van der Waals surface area contributed by atoms with E-state index in [-0.39, 0.29) is 17.3 Å². The third kappa shape index (κ3) is 4.87. The van der Waals surface area contributed by atoms with Crippen LogP contribution >= 0.6 is 11.6 Å². The smallest absolute Gasteiger partial charge is 0.333 e. The van der Waals surface area contributed by atoms with Gasteiger partial charge in [0.1, 0.15) is 28.7 Å². The molecule has 0 amide bonds. The first kappa shape index (κ1) is 24.4. The van der Waals surface area contributed by atoms with Crippen molar-refractivity contribution in [2.24, 2.45) is 0 Å². The Bertz CT molecular complexity index is 1580. The molecule has 8 nitrogen and oxygen atoms in total. The van der Waals surface area contributed by atoms with Crippen LogP contribution in [-0.4, -0.2) is 29.7 Å². The standard InChI is InChI=1S/C24H16ClF4N7O/c1-12(22-30-5-2-6-31-22)37-18-8-13(14-9-34-36(10-14)24(28)29)7-17-19(18)23(33-11-32-17)35-16-4-3-15(26)20(25)21(16)27/h2-12,24H,1H3,(H,32,33,35)/t12-/m0/s1. The lowest BCUT2D eigenvalue weighted by Crippen LogP contribution is -2.08. The van der Waals surface area contributed by atoms with E-state index in [2.05, 4.69) is 30.4 Å². The third-order valence-corrected chi connectivity index (χ3v) is 5.72. The Hall–Kier alpha value is -4.32. The lowest BCUT2D eigenvalue weighted by molar-refractivity contribution is 0.0566. The molecular weight excluding hydrogens is 514 g/mol. The highest BCUT2D eigenvalue weighted by Gasteiger charge is 2.20. The quantitative estimate of drug-likeness (QED) is 0.190. The van der Waals surface area contributed by atoms with Crippen LogP contribution < -0.4 is 10.1 Å². The van der Waals surface area contributed by atoms with Crippen molar-refractivity contribution in [3.63, 3.8) is 0 Å². The maximum absolute atomic E-state index is 14.6. The first-order valence-corrected chi connectivity index (χ1v) is 11.1. The summed E-state index contributed by atoms with van der Waals surface area (Å²) in [5, 5.41) is 6.17. The zero-order chi connectivity index (χ0) is 26.1. The highest BCUT2D eigenvalue weighted by molar-refractivity contribution is 6.31. The first-order valence-electron chi connectivity index (χ1n) is 10.8. The van der Waals surface area contributed by atoms with E-state index >= 15 is 0 Å². The third-order valence-electron chi connectivity index (χ3n) is 5.38. The van der Waals surface area contributed by atoms with Crippen molar-refractivity contribution < 1.29 is 22.3 Å². The highest BCUT2D eigenvalue weighted by Crippen LogP contribution is 2.39. The van der Waals surface area contributed by atoms with Gasteiger partial charge in [0, 0.05) is 24.2 Å². The van der Waals surface area contributed by atoms with Crippen molar-refractivity contribution in [1.29, 1.82) is 0 Å². The monoisotopic (exact) mass is 529 g/mol. The summed E-state index contributed by atoms with van der Waals surface area (Å²) in [5.74, 6) is -1.16. The summed E-state index contributed by atoms with van der Waals surface area (Å²) in [7, 11) is 0. The van der Waals surface area contributed by atoms with Crippen LogP contribution in [0.2, 0.25) is 5.02 Å². The summed E-state index contributed by atoms with van der Waals surface area (Å²) >= 11 is 5.73. The Morgan fingerprint density at radius 1 is 1.03 bits per heavy atom. The molecule has 188 valence electrons. The second-order valence-corrected chi connectivity index (χ2v) is 8.17. The molecule has 1 N–H and O–H groups in total. The van der Waals surface area contributed by atoms with Crippen molar-refractivity contribution in [1.82, 2.24) is 29.7 Å². The van der Waals surface area contributed by atoms with Crippen LogP contribution in [0, 0.1) is 11.6 Å². The molecule has 0 saturated heterocycles. The van der Waals surface area contributed by atoms with Gasteiger partial charge < -0.3 is 10.1 Å². The van der Waals surface area contributed by atoms with Crippen molar-refractivity contribution in [2.45, 2.75) is 19.6 Å². The van der Waals surface area contributed by atoms with Gasteiger partial charge in [-0.3, -0.25) is 0 Å². The molecule has 0 saturated carbocycles. The molecule has 0 aliphatic heterocycles. The molecule has 5 aromatic rings. The molecule has 0 fully saturated rings. The van der Waals surface area contributed by atoms with Gasteiger partial charge in [0.05, 0.1) is 22.8 Å². The van der Waals surface area contributed by atoms with Gasteiger partial charge in [-0.2, -0.15) is 13.9 Å². The minimum atomic E-state index is -2.81. The Labute approximate surface area is 211 Å². The molecule has 0 bridgehead atoms. The molecule has 0 aliphatic rings. The van der Waals surface area contributed by atoms with Crippen LogP contribution in [0.4, 0.5) is 29.1 Å². The van der Waals surface area contributed by atoms with Crippen molar-refractivity contribution in [3.05, 3.63) is 83.9 Å². The largest absolute Gasteiger partial charge is 0.482 e. The van der Waals surface area contributed by atoms with Gasteiger partial charge in [-0.15, -0.1) is 0 Å². The maximum atomic E-state index is 14.6. The number of hydrogen-bond donors (Lipinski definition) is 1. The number of alkyl halides is 2. The van der Waals surface area contributed by atoms with E-state index < -0.39 is 29.3 Å². The van der Waals surface area contributed by atoms with Crippen LogP contribution in [0.25, 0.3) is 22.0 Å². The summed E-state index contributed by atoms with van der Waals surface area (Å²) in [4.78, 5) is 16.9. The van der Waals surface area contributed by atoms with Crippen molar-refractivity contribution in [3.8, 4) is 16.9 Å². The summed E-state index contributed by atoms with van der Waals surface area (Å²) in [6.45, 7) is -1.09. The molecule has 0 aliphatic carbocycles. The fourth-order valence-electron chi connectivity index (χ4n) is 3.62. The summed E-state index contributed by atoms with van der Waals surface area (Å²) < 4.78 is 61.2. The second kappa shape index (κ2) is 9.97. The summed E-state index contributed by atoms with van der Waals surface area (Å²) in [6, 6.07) is 7.07. The van der Waals surface area contributed by atoms with E-state index in [9.17, 15) is 17.6 Å². The van der Waals surface area contributed by atoms with E-state index in [0.717, 1.165) is 6.07 Å². The van der Waals surface area contributed by atoms with Crippen LogP contribution in [0.5, 0.6) is 5.75 Å². The Morgan fingerprint density at radius 2 is 1.81 bits per heavy atom. The number of rotatable bonds is 7. The molecule has 0 spiro atoms. The number of nitrogens with zero attached hydrogens (tertiary/aromatic N) is 6. The molecule has 3 aromatic heterocycles. The van der Waals surface area contributed by atoms with E-state index in [0.29, 0.717) is 32.5 Å². The number of halogens is 5. The molecule has 5 rings (SSSR count). The Morgan fingerprint density at radius 3 is 2.54 bits per heavy atom. The first-order chi connectivity index (χ1) is 17.8. The average Bonchev–Trinajstić information content (AvgIpc) is 3.40. The molecule has 1 atom stereocenters. The molecule has 2 aromatic carbocycles. The summed E-state index contributed by atoms with van der Waals surface area (Å²) in [5.41, 5.74) is 1.10. The number of nitrogens with one attached hydrogen (secondary N) is 1. The lowest BCUT2D eigenvalue weighted by Gasteiger charge is -2.18. The van der Waals surface area contributed by atoms with E-state index in [1.807, 2.05) is 0 Å². The van der Waals surface area contributed by atoms with E-state index in [1.165, 1.54) is 24.8 Å². The second-order valence-electron chi connectivity index (χ2n) is 7.79. The number of aromatic nitrogens is 6. The van der Waals surface area contributed by atoms with Gasteiger partial charge in [0.25, 0.3) is 0 Å². The van der Waals surface area contributed by atoms with E-state index in [1.54, 1.807) is 37.5 Å². The molecule has 13 heteroatoms. The normalized spacial score (nSPS) is 12.2. The zero-order valence-electron chi connectivity index (χ0n) is 18.9. The van der Waals surface area contributed by atoms with Gasteiger partial charge in [-0.1, -0.05) is 11.6 Å².